The Morgan fingerprint density at radius 1 is 1.37 bits per heavy atom. The van der Waals surface area contributed by atoms with Crippen molar-refractivity contribution in [1.29, 1.82) is 0 Å². The van der Waals surface area contributed by atoms with Crippen LogP contribution < -0.4 is 15.4 Å². The second-order valence-corrected chi connectivity index (χ2v) is 5.07. The van der Waals surface area contributed by atoms with Gasteiger partial charge in [-0.3, -0.25) is 4.79 Å². The van der Waals surface area contributed by atoms with E-state index in [1.165, 1.54) is 0 Å². The molecule has 1 aromatic rings. The van der Waals surface area contributed by atoms with Gasteiger partial charge < -0.3 is 15.4 Å². The van der Waals surface area contributed by atoms with Gasteiger partial charge in [-0.05, 0) is 31.9 Å². The van der Waals surface area contributed by atoms with Crippen molar-refractivity contribution < 1.29 is 9.53 Å². The third-order valence-electron chi connectivity index (χ3n) is 2.26. The Balaban J connectivity index is 2.50. The van der Waals surface area contributed by atoms with Crippen LogP contribution >= 0.6 is 0 Å². The first-order valence-electron chi connectivity index (χ1n) is 6.61. The number of carbonyl (C=O) groups excluding carboxylic acids is 1. The third kappa shape index (κ3) is 6.08. The number of carbonyl (C=O) groups is 1. The highest BCUT2D eigenvalue weighted by Gasteiger charge is 2.08. The molecule has 0 atom stereocenters. The van der Waals surface area contributed by atoms with E-state index >= 15 is 0 Å². The number of anilines is 1. The Morgan fingerprint density at radius 2 is 2.11 bits per heavy atom. The molecule has 0 bridgehead atoms. The number of pyridine rings is 1. The van der Waals surface area contributed by atoms with Gasteiger partial charge in [0.1, 0.15) is 0 Å². The molecular formula is C14H23N3O2. The topological polar surface area (TPSA) is 63.2 Å². The maximum Gasteiger partial charge on any atom is 0.239 e. The van der Waals surface area contributed by atoms with E-state index in [-0.39, 0.29) is 18.6 Å². The second-order valence-electron chi connectivity index (χ2n) is 5.07. The van der Waals surface area contributed by atoms with Gasteiger partial charge >= 0.3 is 0 Å². The predicted molar refractivity (Wildman–Crippen MR) is 76.3 cm³/mol. The Bertz CT molecular complexity index is 405. The van der Waals surface area contributed by atoms with Crippen LogP contribution in [0.2, 0.25) is 0 Å². The van der Waals surface area contributed by atoms with E-state index in [0.717, 1.165) is 0 Å². The fraction of sp³-hybridized carbons (Fsp3) is 0.571. The summed E-state index contributed by atoms with van der Waals surface area (Å²) in [6.45, 7) is 8.89. The number of hydrogen-bond donors (Lipinski definition) is 2. The van der Waals surface area contributed by atoms with Gasteiger partial charge in [0.25, 0.3) is 0 Å². The molecule has 0 unspecified atom stereocenters. The van der Waals surface area contributed by atoms with E-state index in [4.69, 9.17) is 4.74 Å². The van der Waals surface area contributed by atoms with Gasteiger partial charge in [-0.2, -0.15) is 0 Å². The molecular weight excluding hydrogens is 242 g/mol. The molecule has 0 aliphatic rings. The number of nitrogens with one attached hydrogen (secondary N) is 2. The average molecular weight is 265 g/mol. The number of amides is 1. The molecule has 0 saturated heterocycles. The van der Waals surface area contributed by atoms with Gasteiger partial charge in [0, 0.05) is 12.7 Å². The lowest BCUT2D eigenvalue weighted by Crippen LogP contribution is -2.32. The molecule has 1 rings (SSSR count). The molecule has 1 aromatic heterocycles. The average Bonchev–Trinajstić information content (AvgIpc) is 2.34. The van der Waals surface area contributed by atoms with E-state index < -0.39 is 0 Å². The molecule has 2 N–H and O–H groups in total. The number of nitrogens with zero attached hydrogens (tertiary/aromatic N) is 1. The maximum absolute atomic E-state index is 11.6. The van der Waals surface area contributed by atoms with Crippen LogP contribution in [0.1, 0.15) is 27.7 Å². The lowest BCUT2D eigenvalue weighted by molar-refractivity contribution is -0.119. The summed E-state index contributed by atoms with van der Waals surface area (Å²) in [6, 6.07) is 3.64. The zero-order valence-corrected chi connectivity index (χ0v) is 12.1. The normalized spacial score (nSPS) is 10.6. The molecule has 19 heavy (non-hydrogen) atoms. The molecule has 0 radical (unpaired) electrons. The number of aromatic nitrogens is 1. The molecule has 5 nitrogen and oxygen atoms in total. The summed E-state index contributed by atoms with van der Waals surface area (Å²) in [7, 11) is 0. The van der Waals surface area contributed by atoms with Crippen molar-refractivity contribution >= 4 is 11.7 Å². The van der Waals surface area contributed by atoms with Gasteiger partial charge in [0.15, 0.2) is 11.6 Å². The molecule has 106 valence electrons. The standard InChI is InChI=1S/C14H23N3O2/c1-10(2)8-16-13(18)9-17-14-12(19-11(3)4)6-5-7-15-14/h5-7,10-11H,8-9H2,1-4H3,(H,15,17)(H,16,18). The largest absolute Gasteiger partial charge is 0.487 e. The first kappa shape index (κ1) is 15.3. The van der Waals surface area contributed by atoms with Gasteiger partial charge in [-0.25, -0.2) is 4.98 Å². The molecule has 0 aromatic carbocycles. The molecule has 1 amide bonds. The fourth-order valence-electron chi connectivity index (χ4n) is 1.42. The molecule has 0 aliphatic carbocycles. The van der Waals surface area contributed by atoms with E-state index in [1.54, 1.807) is 6.20 Å². The number of rotatable bonds is 7. The van der Waals surface area contributed by atoms with Crippen LogP contribution in [-0.4, -0.2) is 30.1 Å². The minimum absolute atomic E-state index is 0.0464. The first-order valence-corrected chi connectivity index (χ1v) is 6.61. The van der Waals surface area contributed by atoms with E-state index in [1.807, 2.05) is 26.0 Å². The van der Waals surface area contributed by atoms with Gasteiger partial charge in [-0.15, -0.1) is 0 Å². The molecule has 0 fully saturated rings. The minimum atomic E-state index is -0.0464. The summed E-state index contributed by atoms with van der Waals surface area (Å²) in [5.41, 5.74) is 0. The third-order valence-corrected chi connectivity index (χ3v) is 2.26. The van der Waals surface area contributed by atoms with Crippen LogP contribution in [0.3, 0.4) is 0 Å². The lowest BCUT2D eigenvalue weighted by atomic mass is 10.2. The Labute approximate surface area is 114 Å². The summed E-state index contributed by atoms with van der Waals surface area (Å²) in [5, 5.41) is 5.84. The van der Waals surface area contributed by atoms with Crippen LogP contribution in [0.4, 0.5) is 5.82 Å². The van der Waals surface area contributed by atoms with Crippen LogP contribution in [0.25, 0.3) is 0 Å². The van der Waals surface area contributed by atoms with Crippen molar-refractivity contribution in [3.8, 4) is 5.75 Å². The molecule has 5 heteroatoms. The SMILES string of the molecule is CC(C)CNC(=O)CNc1ncccc1OC(C)C. The monoisotopic (exact) mass is 265 g/mol. The van der Waals surface area contributed by atoms with E-state index in [2.05, 4.69) is 29.5 Å². The first-order chi connectivity index (χ1) is 8.99. The quantitative estimate of drug-likeness (QED) is 0.792. The summed E-state index contributed by atoms with van der Waals surface area (Å²) < 4.78 is 5.62. The smallest absolute Gasteiger partial charge is 0.239 e. The van der Waals surface area contributed by atoms with Crippen LogP contribution in [0.5, 0.6) is 5.75 Å². The molecule has 0 saturated carbocycles. The summed E-state index contributed by atoms with van der Waals surface area (Å²) in [6.07, 6.45) is 1.74. The van der Waals surface area contributed by atoms with Crippen molar-refractivity contribution in [2.45, 2.75) is 33.8 Å². The highest BCUT2D eigenvalue weighted by Crippen LogP contribution is 2.21. The zero-order chi connectivity index (χ0) is 14.3. The Morgan fingerprint density at radius 3 is 2.74 bits per heavy atom. The lowest BCUT2D eigenvalue weighted by Gasteiger charge is -2.14. The molecule has 0 aliphatic heterocycles. The maximum atomic E-state index is 11.6. The fourth-order valence-corrected chi connectivity index (χ4v) is 1.42. The number of hydrogen-bond acceptors (Lipinski definition) is 4. The van der Waals surface area contributed by atoms with Crippen molar-refractivity contribution in [3.05, 3.63) is 18.3 Å². The van der Waals surface area contributed by atoms with Crippen molar-refractivity contribution in [2.24, 2.45) is 5.92 Å². The van der Waals surface area contributed by atoms with Crippen molar-refractivity contribution in [1.82, 2.24) is 10.3 Å². The summed E-state index contributed by atoms with van der Waals surface area (Å²) in [5.74, 6) is 1.65. The number of ether oxygens (including phenoxy) is 1. The summed E-state index contributed by atoms with van der Waals surface area (Å²) in [4.78, 5) is 15.8. The van der Waals surface area contributed by atoms with Crippen molar-refractivity contribution in [2.75, 3.05) is 18.4 Å². The van der Waals surface area contributed by atoms with E-state index in [0.29, 0.717) is 24.0 Å². The van der Waals surface area contributed by atoms with Crippen LogP contribution in [0.15, 0.2) is 18.3 Å². The molecule has 0 spiro atoms. The van der Waals surface area contributed by atoms with Crippen LogP contribution in [0, 0.1) is 5.92 Å². The highest BCUT2D eigenvalue weighted by atomic mass is 16.5. The predicted octanol–water partition coefficient (Wildman–Crippen LogP) is 2.05. The van der Waals surface area contributed by atoms with E-state index in [9.17, 15) is 4.79 Å². The second kappa shape index (κ2) is 7.61. The van der Waals surface area contributed by atoms with Gasteiger partial charge in [0.2, 0.25) is 5.91 Å². The minimum Gasteiger partial charge on any atom is -0.487 e. The van der Waals surface area contributed by atoms with Gasteiger partial charge in [-0.1, -0.05) is 13.8 Å². The zero-order valence-electron chi connectivity index (χ0n) is 12.1. The summed E-state index contributed by atoms with van der Waals surface area (Å²) >= 11 is 0. The Hall–Kier alpha value is -1.78. The highest BCUT2D eigenvalue weighted by molar-refractivity contribution is 5.80. The molecule has 1 heterocycles. The van der Waals surface area contributed by atoms with Crippen molar-refractivity contribution in [3.63, 3.8) is 0 Å². The van der Waals surface area contributed by atoms with Crippen LogP contribution in [-0.2, 0) is 4.79 Å². The Kier molecular flexibility index (Phi) is 6.12. The van der Waals surface area contributed by atoms with Gasteiger partial charge in [0.05, 0.1) is 12.6 Å².